The van der Waals surface area contributed by atoms with Gasteiger partial charge in [-0.15, -0.1) is 0 Å². The molecule has 2 heteroatoms. The Hall–Kier alpha value is -0.893. The molecule has 0 aromatic heterocycles. The van der Waals surface area contributed by atoms with Crippen LogP contribution in [-0.2, 0) is 0 Å². The standard InChI is InChI=1S/C11H17NSi/c1-10(12-13(2,3)4)11-8-6-5-7-9-11/h5-9H,1-4H3/b12-10+. The van der Waals surface area contributed by atoms with Crippen molar-refractivity contribution in [3.63, 3.8) is 0 Å². The molecule has 0 unspecified atom stereocenters. The van der Waals surface area contributed by atoms with Crippen LogP contribution in [0.1, 0.15) is 12.5 Å². The molecule has 0 N–H and O–H groups in total. The van der Waals surface area contributed by atoms with Crippen LogP contribution >= 0.6 is 0 Å². The van der Waals surface area contributed by atoms with Gasteiger partial charge < -0.3 is 4.66 Å². The number of rotatable bonds is 2. The van der Waals surface area contributed by atoms with Crippen molar-refractivity contribution >= 4 is 13.9 Å². The van der Waals surface area contributed by atoms with E-state index in [2.05, 4.69) is 50.8 Å². The third kappa shape index (κ3) is 3.55. The molecule has 0 saturated heterocycles. The Kier molecular flexibility index (Phi) is 3.04. The van der Waals surface area contributed by atoms with Gasteiger partial charge >= 0.3 is 0 Å². The molecular formula is C11H17NSi. The smallest absolute Gasteiger partial charge is 0.172 e. The lowest BCUT2D eigenvalue weighted by Gasteiger charge is -2.11. The van der Waals surface area contributed by atoms with Crippen molar-refractivity contribution in [1.29, 1.82) is 0 Å². The van der Waals surface area contributed by atoms with Crippen LogP contribution in [0.15, 0.2) is 35.0 Å². The fraction of sp³-hybridized carbons (Fsp3) is 0.364. The maximum absolute atomic E-state index is 4.74. The molecule has 13 heavy (non-hydrogen) atoms. The first-order valence-corrected chi connectivity index (χ1v) is 8.06. The van der Waals surface area contributed by atoms with Crippen molar-refractivity contribution in [2.75, 3.05) is 0 Å². The molecule has 0 atom stereocenters. The first-order chi connectivity index (χ1) is 5.99. The van der Waals surface area contributed by atoms with Crippen LogP contribution in [0.2, 0.25) is 19.6 Å². The van der Waals surface area contributed by atoms with Gasteiger partial charge in [-0.2, -0.15) is 0 Å². The molecular weight excluding hydrogens is 174 g/mol. The summed E-state index contributed by atoms with van der Waals surface area (Å²) >= 11 is 0. The molecule has 0 radical (unpaired) electrons. The molecule has 70 valence electrons. The zero-order valence-corrected chi connectivity index (χ0v) is 9.83. The summed E-state index contributed by atoms with van der Waals surface area (Å²) in [5.41, 5.74) is 2.41. The molecule has 1 rings (SSSR count). The fourth-order valence-electron chi connectivity index (χ4n) is 1.25. The van der Waals surface area contributed by atoms with Crippen molar-refractivity contribution in [3.8, 4) is 0 Å². The van der Waals surface area contributed by atoms with Crippen LogP contribution in [0.4, 0.5) is 0 Å². The molecule has 0 heterocycles. The van der Waals surface area contributed by atoms with E-state index in [1.165, 1.54) is 11.3 Å². The Morgan fingerprint density at radius 2 is 1.62 bits per heavy atom. The van der Waals surface area contributed by atoms with Gasteiger partial charge in [-0.1, -0.05) is 30.3 Å². The van der Waals surface area contributed by atoms with E-state index in [1.807, 2.05) is 6.07 Å². The van der Waals surface area contributed by atoms with Gasteiger partial charge in [0.05, 0.1) is 0 Å². The third-order valence-corrected chi connectivity index (χ3v) is 2.70. The van der Waals surface area contributed by atoms with Gasteiger partial charge in [0.1, 0.15) is 0 Å². The zero-order chi connectivity index (χ0) is 9.90. The van der Waals surface area contributed by atoms with Crippen molar-refractivity contribution in [2.45, 2.75) is 26.6 Å². The second-order valence-electron chi connectivity index (χ2n) is 4.23. The lowest BCUT2D eigenvalue weighted by molar-refractivity contribution is 1.51. The van der Waals surface area contributed by atoms with Crippen molar-refractivity contribution in [1.82, 2.24) is 0 Å². The average molecular weight is 191 g/mol. The molecule has 0 saturated carbocycles. The SMILES string of the molecule is C/C(=N\[Si](C)(C)C)c1ccccc1. The Morgan fingerprint density at radius 1 is 1.08 bits per heavy atom. The van der Waals surface area contributed by atoms with E-state index < -0.39 is 8.24 Å². The second kappa shape index (κ2) is 3.88. The van der Waals surface area contributed by atoms with E-state index in [1.54, 1.807) is 0 Å². The molecule has 1 aromatic carbocycles. The summed E-state index contributed by atoms with van der Waals surface area (Å²) in [6, 6.07) is 10.4. The average Bonchev–Trinajstić information content (AvgIpc) is 2.03. The Bertz CT molecular complexity index is 296. The Morgan fingerprint density at radius 3 is 2.08 bits per heavy atom. The van der Waals surface area contributed by atoms with Gasteiger partial charge in [-0.05, 0) is 32.1 Å². The Labute approximate surface area is 81.6 Å². The van der Waals surface area contributed by atoms with E-state index in [0.717, 1.165) is 0 Å². The molecule has 1 aromatic rings. The molecule has 1 nitrogen and oxygen atoms in total. The minimum Gasteiger partial charge on any atom is -0.326 e. The summed E-state index contributed by atoms with van der Waals surface area (Å²) in [6.07, 6.45) is 0. The summed E-state index contributed by atoms with van der Waals surface area (Å²) in [7, 11) is -1.32. The third-order valence-electron chi connectivity index (χ3n) is 1.69. The van der Waals surface area contributed by atoms with Crippen LogP contribution in [0.25, 0.3) is 0 Å². The van der Waals surface area contributed by atoms with Crippen LogP contribution < -0.4 is 0 Å². The molecule has 0 fully saturated rings. The highest BCUT2D eigenvalue weighted by atomic mass is 28.3. The van der Waals surface area contributed by atoms with Crippen LogP contribution in [-0.4, -0.2) is 13.9 Å². The molecule has 0 aliphatic carbocycles. The lowest BCUT2D eigenvalue weighted by atomic mass is 10.1. The number of nitrogens with zero attached hydrogens (tertiary/aromatic N) is 1. The van der Waals surface area contributed by atoms with Crippen LogP contribution in [0.5, 0.6) is 0 Å². The number of benzene rings is 1. The first-order valence-electron chi connectivity index (χ1n) is 4.61. The van der Waals surface area contributed by atoms with E-state index in [0.29, 0.717) is 0 Å². The number of hydrogen-bond donors (Lipinski definition) is 0. The van der Waals surface area contributed by atoms with E-state index >= 15 is 0 Å². The summed E-state index contributed by atoms with van der Waals surface area (Å²) in [5, 5.41) is 0. The second-order valence-corrected chi connectivity index (χ2v) is 8.80. The summed E-state index contributed by atoms with van der Waals surface area (Å²) in [5.74, 6) is 0. The van der Waals surface area contributed by atoms with E-state index in [9.17, 15) is 0 Å². The summed E-state index contributed by atoms with van der Waals surface area (Å²) in [6.45, 7) is 8.84. The Balaban J connectivity index is 2.92. The maximum Gasteiger partial charge on any atom is 0.172 e. The van der Waals surface area contributed by atoms with Crippen molar-refractivity contribution in [3.05, 3.63) is 35.9 Å². The molecule has 0 aliphatic heterocycles. The lowest BCUT2D eigenvalue weighted by Crippen LogP contribution is -2.19. The normalized spacial score (nSPS) is 13.1. The monoisotopic (exact) mass is 191 g/mol. The van der Waals surface area contributed by atoms with E-state index in [4.69, 9.17) is 4.66 Å². The zero-order valence-electron chi connectivity index (χ0n) is 8.83. The van der Waals surface area contributed by atoms with Gasteiger partial charge in [0.25, 0.3) is 0 Å². The molecule has 0 amide bonds. The van der Waals surface area contributed by atoms with Crippen molar-refractivity contribution in [2.24, 2.45) is 4.66 Å². The summed E-state index contributed by atoms with van der Waals surface area (Å²) in [4.78, 5) is 0. The molecule has 0 aliphatic rings. The van der Waals surface area contributed by atoms with Gasteiger partial charge in [0.2, 0.25) is 0 Å². The van der Waals surface area contributed by atoms with Gasteiger partial charge in [-0.25, -0.2) is 0 Å². The van der Waals surface area contributed by atoms with E-state index in [-0.39, 0.29) is 0 Å². The fourth-order valence-corrected chi connectivity index (χ4v) is 2.38. The predicted molar refractivity (Wildman–Crippen MR) is 62.0 cm³/mol. The largest absolute Gasteiger partial charge is 0.326 e. The summed E-state index contributed by atoms with van der Waals surface area (Å²) < 4.78 is 4.74. The predicted octanol–water partition coefficient (Wildman–Crippen LogP) is 3.33. The maximum atomic E-state index is 4.74. The van der Waals surface area contributed by atoms with Crippen molar-refractivity contribution < 1.29 is 0 Å². The van der Waals surface area contributed by atoms with Gasteiger partial charge in [0.15, 0.2) is 8.24 Å². The quantitative estimate of drug-likeness (QED) is 0.502. The minimum absolute atomic E-state index is 1.17. The highest BCUT2D eigenvalue weighted by Crippen LogP contribution is 2.07. The van der Waals surface area contributed by atoms with Crippen LogP contribution in [0, 0.1) is 0 Å². The molecule has 0 bridgehead atoms. The minimum atomic E-state index is -1.32. The topological polar surface area (TPSA) is 12.4 Å². The highest BCUT2D eigenvalue weighted by molar-refractivity contribution is 6.75. The first kappa shape index (κ1) is 10.2. The van der Waals surface area contributed by atoms with Gasteiger partial charge in [-0.3, -0.25) is 0 Å². The van der Waals surface area contributed by atoms with Gasteiger partial charge in [0, 0.05) is 5.71 Å². The highest BCUT2D eigenvalue weighted by Gasteiger charge is 2.11. The molecule has 0 spiro atoms. The number of hydrogen-bond acceptors (Lipinski definition) is 1. The van der Waals surface area contributed by atoms with Crippen LogP contribution in [0.3, 0.4) is 0 Å².